The van der Waals surface area contributed by atoms with Crippen LogP contribution in [-0.4, -0.2) is 39.4 Å². The Morgan fingerprint density at radius 2 is 1.64 bits per heavy atom. The molecular formula is C8H15NO5. The Balaban J connectivity index is 4.79. The summed E-state index contributed by atoms with van der Waals surface area (Å²) in [7, 11) is 0. The lowest BCUT2D eigenvalue weighted by Gasteiger charge is -2.29. The molecule has 0 amide bonds. The van der Waals surface area contributed by atoms with Gasteiger partial charge < -0.3 is 21.1 Å². The van der Waals surface area contributed by atoms with Crippen molar-refractivity contribution in [2.24, 2.45) is 11.1 Å². The predicted octanol–water partition coefficient (Wildman–Crippen LogP) is -0.738. The monoisotopic (exact) mass is 205 g/mol. The third-order valence-corrected chi connectivity index (χ3v) is 2.04. The van der Waals surface area contributed by atoms with Crippen LogP contribution in [0.15, 0.2) is 0 Å². The van der Waals surface area contributed by atoms with E-state index in [1.165, 1.54) is 13.8 Å². The highest BCUT2D eigenvalue weighted by Crippen LogP contribution is 2.27. The molecule has 82 valence electrons. The third-order valence-electron chi connectivity index (χ3n) is 2.04. The fraction of sp³-hybridized carbons (Fsp3) is 0.750. The lowest BCUT2D eigenvalue weighted by Crippen LogP contribution is -2.55. The molecule has 0 heterocycles. The van der Waals surface area contributed by atoms with E-state index in [4.69, 9.17) is 21.1 Å². The van der Waals surface area contributed by atoms with Gasteiger partial charge in [0.05, 0.1) is 12.0 Å². The highest BCUT2D eigenvalue weighted by Gasteiger charge is 2.42. The molecule has 0 saturated carbocycles. The number of rotatable bonds is 5. The van der Waals surface area contributed by atoms with Gasteiger partial charge in [-0.2, -0.15) is 0 Å². The molecule has 14 heavy (non-hydrogen) atoms. The average molecular weight is 205 g/mol. The van der Waals surface area contributed by atoms with Gasteiger partial charge >= 0.3 is 11.9 Å². The number of nitrogens with two attached hydrogens (primary N) is 1. The zero-order valence-electron chi connectivity index (χ0n) is 8.15. The molecule has 0 bridgehead atoms. The van der Waals surface area contributed by atoms with Crippen molar-refractivity contribution in [3.8, 4) is 0 Å². The summed E-state index contributed by atoms with van der Waals surface area (Å²) in [6, 6.07) is 0. The van der Waals surface area contributed by atoms with Crippen LogP contribution in [0, 0.1) is 5.41 Å². The molecule has 0 rings (SSSR count). The Morgan fingerprint density at radius 1 is 1.21 bits per heavy atom. The maximum Gasteiger partial charge on any atom is 0.326 e. The largest absolute Gasteiger partial charge is 0.481 e. The zero-order valence-corrected chi connectivity index (χ0v) is 8.15. The lowest BCUT2D eigenvalue weighted by molar-refractivity contribution is -0.152. The van der Waals surface area contributed by atoms with Gasteiger partial charge in [0.1, 0.15) is 5.54 Å². The molecular weight excluding hydrogens is 190 g/mol. The van der Waals surface area contributed by atoms with Crippen molar-refractivity contribution < 1.29 is 24.9 Å². The van der Waals surface area contributed by atoms with Gasteiger partial charge in [0.25, 0.3) is 0 Å². The minimum absolute atomic E-state index is 0.332. The maximum atomic E-state index is 10.7. The first-order chi connectivity index (χ1) is 6.15. The topological polar surface area (TPSA) is 121 Å². The first-order valence-electron chi connectivity index (χ1n) is 4.02. The molecule has 0 aromatic carbocycles. The van der Waals surface area contributed by atoms with Crippen molar-refractivity contribution in [1.82, 2.24) is 0 Å². The third kappa shape index (κ3) is 2.68. The van der Waals surface area contributed by atoms with Crippen molar-refractivity contribution in [3.05, 3.63) is 0 Å². The van der Waals surface area contributed by atoms with Crippen LogP contribution in [0.5, 0.6) is 0 Å². The normalized spacial score (nSPS) is 16.0. The van der Waals surface area contributed by atoms with Crippen LogP contribution in [0.2, 0.25) is 0 Å². The molecule has 0 radical (unpaired) electrons. The van der Waals surface area contributed by atoms with E-state index in [1.54, 1.807) is 0 Å². The van der Waals surface area contributed by atoms with Crippen molar-refractivity contribution in [2.75, 3.05) is 6.61 Å². The Morgan fingerprint density at radius 3 is 1.86 bits per heavy atom. The van der Waals surface area contributed by atoms with E-state index < -0.39 is 29.5 Å². The molecule has 1 atom stereocenters. The van der Waals surface area contributed by atoms with Crippen LogP contribution < -0.4 is 5.73 Å². The average Bonchev–Trinajstić information content (AvgIpc) is 2.02. The van der Waals surface area contributed by atoms with Crippen molar-refractivity contribution >= 4 is 11.9 Å². The SMILES string of the molecule is CC(C)(C[C@@](N)(CO)C(=O)O)C(=O)O. The van der Waals surface area contributed by atoms with Crippen LogP contribution in [0.3, 0.4) is 0 Å². The molecule has 0 saturated heterocycles. The second kappa shape index (κ2) is 3.93. The highest BCUT2D eigenvalue weighted by molar-refractivity contribution is 5.81. The summed E-state index contributed by atoms with van der Waals surface area (Å²) in [4.78, 5) is 21.4. The molecule has 0 aromatic heterocycles. The second-order valence-electron chi connectivity index (χ2n) is 3.99. The number of carboxylic acid groups (broad SMARTS) is 2. The Hall–Kier alpha value is -1.14. The van der Waals surface area contributed by atoms with Crippen LogP contribution in [-0.2, 0) is 9.59 Å². The molecule has 5 N–H and O–H groups in total. The fourth-order valence-corrected chi connectivity index (χ4v) is 1.06. The van der Waals surface area contributed by atoms with E-state index in [1.807, 2.05) is 0 Å². The molecule has 0 spiro atoms. The van der Waals surface area contributed by atoms with E-state index in [0.717, 1.165) is 0 Å². The highest BCUT2D eigenvalue weighted by atomic mass is 16.4. The van der Waals surface area contributed by atoms with Gasteiger partial charge in [-0.3, -0.25) is 9.59 Å². The van der Waals surface area contributed by atoms with Crippen LogP contribution in [0.4, 0.5) is 0 Å². The Labute approximate surface area is 81.3 Å². The number of hydrogen-bond donors (Lipinski definition) is 4. The smallest absolute Gasteiger partial charge is 0.326 e. The molecule has 0 unspecified atom stereocenters. The van der Waals surface area contributed by atoms with Gasteiger partial charge in [-0.05, 0) is 20.3 Å². The quantitative estimate of drug-likeness (QED) is 0.469. The summed E-state index contributed by atoms with van der Waals surface area (Å²) in [6.07, 6.45) is -0.332. The number of aliphatic carboxylic acids is 2. The number of aliphatic hydroxyl groups is 1. The molecule has 6 nitrogen and oxygen atoms in total. The van der Waals surface area contributed by atoms with E-state index in [0.29, 0.717) is 0 Å². The van der Waals surface area contributed by atoms with Gasteiger partial charge in [-0.25, -0.2) is 0 Å². The van der Waals surface area contributed by atoms with Crippen LogP contribution in [0.25, 0.3) is 0 Å². The molecule has 0 aliphatic rings. The zero-order chi connectivity index (χ0) is 11.6. The van der Waals surface area contributed by atoms with Crippen molar-refractivity contribution in [1.29, 1.82) is 0 Å². The summed E-state index contributed by atoms with van der Waals surface area (Å²) in [6.45, 7) is 1.92. The fourth-order valence-electron chi connectivity index (χ4n) is 1.06. The minimum atomic E-state index is -1.90. The van der Waals surface area contributed by atoms with Crippen LogP contribution in [0.1, 0.15) is 20.3 Å². The first-order valence-corrected chi connectivity index (χ1v) is 4.02. The first kappa shape index (κ1) is 12.9. The molecule has 0 aromatic rings. The van der Waals surface area contributed by atoms with Crippen LogP contribution >= 0.6 is 0 Å². The summed E-state index contributed by atoms with van der Waals surface area (Å²) >= 11 is 0. The molecule has 0 fully saturated rings. The van der Waals surface area contributed by atoms with Gasteiger partial charge in [0.2, 0.25) is 0 Å². The number of carboxylic acids is 2. The molecule has 6 heteroatoms. The number of aliphatic hydroxyl groups excluding tert-OH is 1. The van der Waals surface area contributed by atoms with Gasteiger partial charge in [0.15, 0.2) is 0 Å². The van der Waals surface area contributed by atoms with Crippen molar-refractivity contribution in [2.45, 2.75) is 25.8 Å². The maximum absolute atomic E-state index is 10.7. The lowest BCUT2D eigenvalue weighted by atomic mass is 9.79. The van der Waals surface area contributed by atoms with Gasteiger partial charge in [-0.15, -0.1) is 0 Å². The predicted molar refractivity (Wildman–Crippen MR) is 47.7 cm³/mol. The molecule has 0 aliphatic carbocycles. The molecule has 0 aliphatic heterocycles. The second-order valence-corrected chi connectivity index (χ2v) is 3.99. The van der Waals surface area contributed by atoms with Crippen molar-refractivity contribution in [3.63, 3.8) is 0 Å². The standard InChI is InChI=1S/C8H15NO5/c1-7(2,5(11)12)3-8(9,4-10)6(13)14/h10H,3-4,9H2,1-2H3,(H,11,12)(H,13,14)/t8-/m1/s1. The Bertz CT molecular complexity index is 250. The van der Waals surface area contributed by atoms with E-state index >= 15 is 0 Å². The summed E-state index contributed by atoms with van der Waals surface area (Å²) in [5, 5.41) is 26.3. The summed E-state index contributed by atoms with van der Waals surface area (Å²) in [5.74, 6) is -2.56. The van der Waals surface area contributed by atoms with Gasteiger partial charge in [0, 0.05) is 0 Å². The summed E-state index contributed by atoms with van der Waals surface area (Å²) < 4.78 is 0. The number of hydrogen-bond acceptors (Lipinski definition) is 4. The summed E-state index contributed by atoms with van der Waals surface area (Å²) in [5.41, 5.74) is 2.17. The Kier molecular flexibility index (Phi) is 3.61. The number of carbonyl (C=O) groups is 2. The minimum Gasteiger partial charge on any atom is -0.481 e. The van der Waals surface area contributed by atoms with E-state index in [9.17, 15) is 9.59 Å². The van der Waals surface area contributed by atoms with Gasteiger partial charge in [-0.1, -0.05) is 0 Å². The van der Waals surface area contributed by atoms with E-state index in [-0.39, 0.29) is 6.42 Å². The van der Waals surface area contributed by atoms with E-state index in [2.05, 4.69) is 0 Å².